The van der Waals surface area contributed by atoms with Crippen LogP contribution in [0.5, 0.6) is 0 Å². The Morgan fingerprint density at radius 3 is 1.60 bits per heavy atom. The Hall–Kier alpha value is -0.420. The lowest BCUT2D eigenvalue weighted by molar-refractivity contribution is -0.0208. The monoisotopic (exact) mass is 360 g/mol. The van der Waals surface area contributed by atoms with E-state index in [0.29, 0.717) is 6.61 Å². The zero-order chi connectivity index (χ0) is 17.7. The lowest BCUT2D eigenvalue weighted by atomic mass is 10.1. The summed E-state index contributed by atoms with van der Waals surface area (Å²) in [6.45, 7) is 2.72. The molecule has 0 radical (unpaired) electrons. The first-order valence-corrected chi connectivity index (χ1v) is 10.3. The van der Waals surface area contributed by atoms with Gasteiger partial charge < -0.3 is 20.4 Å². The molecule has 0 aromatic heterocycles. The lowest BCUT2D eigenvalue weighted by Crippen LogP contribution is -2.22. The van der Waals surface area contributed by atoms with Crippen molar-refractivity contribution in [1.82, 2.24) is 0 Å². The fourth-order valence-corrected chi connectivity index (χ4v) is 2.76. The average molecular weight is 361 g/mol. The van der Waals surface area contributed by atoms with Crippen molar-refractivity contribution >= 4 is 0 Å². The van der Waals surface area contributed by atoms with Gasteiger partial charge in [-0.05, 0) is 32.1 Å². The van der Waals surface area contributed by atoms with Crippen molar-refractivity contribution < 1.29 is 20.4 Å². The first kappa shape index (κ1) is 26.8. The van der Waals surface area contributed by atoms with E-state index in [-0.39, 0.29) is 18.7 Å². The molecule has 0 saturated heterocycles. The molecule has 0 spiro atoms. The summed E-state index contributed by atoms with van der Waals surface area (Å²) in [5.41, 5.74) is 0. The molecule has 0 rings (SSSR count). The van der Waals surface area contributed by atoms with Crippen LogP contribution in [0.4, 0.5) is 0 Å². The fourth-order valence-electron chi connectivity index (χ4n) is 2.76. The molecule has 4 heteroatoms. The number of unbranched alkanes of at least 4 members (excludes halogenated alkanes) is 12. The molecule has 0 aromatic carbocycles. The van der Waals surface area contributed by atoms with Gasteiger partial charge in [-0.15, -0.1) is 0 Å². The van der Waals surface area contributed by atoms with Crippen molar-refractivity contribution in [2.75, 3.05) is 19.8 Å². The third kappa shape index (κ3) is 21.5. The average Bonchev–Trinajstić information content (AvgIpc) is 2.61. The predicted molar refractivity (Wildman–Crippen MR) is 107 cm³/mol. The van der Waals surface area contributed by atoms with Gasteiger partial charge in [0.25, 0.3) is 0 Å². The van der Waals surface area contributed by atoms with Gasteiger partial charge in [0.2, 0.25) is 0 Å². The summed E-state index contributed by atoms with van der Waals surface area (Å²) >= 11 is 0. The first-order valence-electron chi connectivity index (χ1n) is 10.3. The fraction of sp³-hybridized carbons (Fsp3) is 0.905. The molecule has 0 atom stereocenters. The van der Waals surface area contributed by atoms with Gasteiger partial charge in [0.1, 0.15) is 6.10 Å². The van der Waals surface area contributed by atoms with Crippen LogP contribution in [-0.2, 0) is 4.74 Å². The normalized spacial score (nSPS) is 11.4. The molecule has 0 aliphatic carbocycles. The molecular formula is C21H44O4. The van der Waals surface area contributed by atoms with E-state index < -0.39 is 6.10 Å². The van der Waals surface area contributed by atoms with Gasteiger partial charge in [-0.25, -0.2) is 0 Å². The van der Waals surface area contributed by atoms with Crippen molar-refractivity contribution in [3.8, 4) is 0 Å². The summed E-state index contributed by atoms with van der Waals surface area (Å²) in [6, 6.07) is 0. The number of aliphatic hydroxyl groups is 2. The topological polar surface area (TPSA) is 81.2 Å². The number of rotatable bonds is 19. The molecule has 0 aliphatic heterocycles. The standard InChI is InChI=1S/C21H42O3.H2O/c1-2-3-4-5-6-7-8-9-10-11-12-13-14-15-16-17-18-24-21(19-22)20-23;/h9-10,21-23H,2-8,11-20H2,1H3;1H2/b10-9-;. The van der Waals surface area contributed by atoms with Gasteiger partial charge in [-0.1, -0.05) is 76.9 Å². The van der Waals surface area contributed by atoms with E-state index in [4.69, 9.17) is 14.9 Å². The molecule has 0 heterocycles. The molecule has 152 valence electrons. The Balaban J connectivity index is 0. The summed E-state index contributed by atoms with van der Waals surface area (Å²) in [5, 5.41) is 17.7. The van der Waals surface area contributed by atoms with Crippen LogP contribution >= 0.6 is 0 Å². The Morgan fingerprint density at radius 2 is 1.12 bits per heavy atom. The zero-order valence-electron chi connectivity index (χ0n) is 16.6. The van der Waals surface area contributed by atoms with Crippen molar-refractivity contribution in [1.29, 1.82) is 0 Å². The Labute approximate surface area is 156 Å². The van der Waals surface area contributed by atoms with Crippen molar-refractivity contribution in [2.24, 2.45) is 0 Å². The molecule has 0 bridgehead atoms. The maximum Gasteiger partial charge on any atom is 0.104 e. The number of allylic oxidation sites excluding steroid dienone is 2. The maximum absolute atomic E-state index is 8.87. The van der Waals surface area contributed by atoms with E-state index >= 15 is 0 Å². The maximum atomic E-state index is 8.87. The summed E-state index contributed by atoms with van der Waals surface area (Å²) in [7, 11) is 0. The predicted octanol–water partition coefficient (Wildman–Crippen LogP) is 4.57. The van der Waals surface area contributed by atoms with Crippen LogP contribution in [-0.4, -0.2) is 41.6 Å². The van der Waals surface area contributed by atoms with E-state index in [1.165, 1.54) is 83.5 Å². The highest BCUT2D eigenvalue weighted by atomic mass is 16.5. The Morgan fingerprint density at radius 1 is 0.680 bits per heavy atom. The largest absolute Gasteiger partial charge is 0.412 e. The highest BCUT2D eigenvalue weighted by molar-refractivity contribution is 4.81. The van der Waals surface area contributed by atoms with Crippen LogP contribution in [0.15, 0.2) is 12.2 Å². The van der Waals surface area contributed by atoms with Crippen molar-refractivity contribution in [3.63, 3.8) is 0 Å². The lowest BCUT2D eigenvalue weighted by Gasteiger charge is -2.11. The van der Waals surface area contributed by atoms with Gasteiger partial charge in [0, 0.05) is 6.61 Å². The van der Waals surface area contributed by atoms with Gasteiger partial charge in [0.15, 0.2) is 0 Å². The minimum atomic E-state index is -0.395. The molecule has 0 aromatic rings. The number of aliphatic hydroxyl groups excluding tert-OH is 2. The second kappa shape index (κ2) is 23.6. The van der Waals surface area contributed by atoms with E-state index in [1.807, 2.05) is 0 Å². The first-order chi connectivity index (χ1) is 11.8. The smallest absolute Gasteiger partial charge is 0.104 e. The molecule has 0 aliphatic rings. The van der Waals surface area contributed by atoms with E-state index in [2.05, 4.69) is 19.1 Å². The zero-order valence-corrected chi connectivity index (χ0v) is 16.6. The third-order valence-electron chi connectivity index (χ3n) is 4.42. The van der Waals surface area contributed by atoms with Crippen LogP contribution in [0, 0.1) is 0 Å². The van der Waals surface area contributed by atoms with Gasteiger partial charge >= 0.3 is 0 Å². The Bertz CT molecular complexity index is 252. The Kier molecular flexibility index (Phi) is 25.3. The van der Waals surface area contributed by atoms with Crippen LogP contribution in [0.2, 0.25) is 0 Å². The van der Waals surface area contributed by atoms with E-state index in [1.54, 1.807) is 0 Å². The van der Waals surface area contributed by atoms with Crippen LogP contribution < -0.4 is 0 Å². The van der Waals surface area contributed by atoms with E-state index in [9.17, 15) is 0 Å². The minimum Gasteiger partial charge on any atom is -0.412 e. The molecule has 4 nitrogen and oxygen atoms in total. The molecule has 0 unspecified atom stereocenters. The quantitative estimate of drug-likeness (QED) is 0.261. The second-order valence-corrected chi connectivity index (χ2v) is 6.80. The van der Waals surface area contributed by atoms with Crippen LogP contribution in [0.1, 0.15) is 96.8 Å². The second-order valence-electron chi connectivity index (χ2n) is 6.80. The third-order valence-corrected chi connectivity index (χ3v) is 4.42. The molecule has 4 N–H and O–H groups in total. The summed E-state index contributed by atoms with van der Waals surface area (Å²) in [6.07, 6.45) is 22.5. The number of hydrogen-bond acceptors (Lipinski definition) is 3. The van der Waals surface area contributed by atoms with E-state index in [0.717, 1.165) is 6.42 Å². The molecule has 0 fully saturated rings. The van der Waals surface area contributed by atoms with Gasteiger partial charge in [0.05, 0.1) is 13.2 Å². The molecule has 0 saturated carbocycles. The molecular weight excluding hydrogens is 316 g/mol. The van der Waals surface area contributed by atoms with Gasteiger partial charge in [-0.2, -0.15) is 0 Å². The van der Waals surface area contributed by atoms with Crippen LogP contribution in [0.3, 0.4) is 0 Å². The SMILES string of the molecule is CCCCCCCC/C=C\CCCCCCCCOC(CO)CO.O. The number of ether oxygens (including phenoxy) is 1. The molecule has 25 heavy (non-hydrogen) atoms. The summed E-state index contributed by atoms with van der Waals surface area (Å²) in [4.78, 5) is 0. The van der Waals surface area contributed by atoms with Crippen molar-refractivity contribution in [2.45, 2.75) is 103 Å². The van der Waals surface area contributed by atoms with Crippen LogP contribution in [0.25, 0.3) is 0 Å². The minimum absolute atomic E-state index is 0. The summed E-state index contributed by atoms with van der Waals surface area (Å²) in [5.74, 6) is 0. The number of hydrogen-bond donors (Lipinski definition) is 2. The molecule has 0 amide bonds. The highest BCUT2D eigenvalue weighted by Gasteiger charge is 2.04. The van der Waals surface area contributed by atoms with Gasteiger partial charge in [-0.3, -0.25) is 0 Å². The van der Waals surface area contributed by atoms with Crippen molar-refractivity contribution in [3.05, 3.63) is 12.2 Å². The highest BCUT2D eigenvalue weighted by Crippen LogP contribution is 2.10. The summed E-state index contributed by atoms with van der Waals surface area (Å²) < 4.78 is 5.35.